The van der Waals surface area contributed by atoms with Gasteiger partial charge >= 0.3 is 0 Å². The number of hydrogen-bond acceptors (Lipinski definition) is 3. The molecule has 2 aliphatic rings. The molecule has 0 saturated carbocycles. The minimum Gasteiger partial charge on any atom is -0.358 e. The number of amides is 1. The number of anilines is 1. The first-order chi connectivity index (χ1) is 9.65. The van der Waals surface area contributed by atoms with Crippen LogP contribution in [0.1, 0.15) is 24.1 Å². The Morgan fingerprint density at radius 3 is 2.75 bits per heavy atom. The zero-order valence-corrected chi connectivity index (χ0v) is 12.2. The van der Waals surface area contributed by atoms with Crippen LogP contribution in [-0.2, 0) is 11.3 Å². The molecule has 1 amide bonds. The molecule has 1 aromatic heterocycles. The van der Waals surface area contributed by atoms with Crippen molar-refractivity contribution in [1.29, 1.82) is 0 Å². The van der Waals surface area contributed by atoms with Gasteiger partial charge in [0.15, 0.2) is 0 Å². The maximum absolute atomic E-state index is 12.6. The van der Waals surface area contributed by atoms with Gasteiger partial charge in [-0.2, -0.15) is 0 Å². The predicted molar refractivity (Wildman–Crippen MR) is 79.5 cm³/mol. The number of allylic oxidation sites excluding steroid dienone is 2. The number of aromatic nitrogens is 1. The van der Waals surface area contributed by atoms with Crippen LogP contribution in [-0.4, -0.2) is 35.9 Å². The van der Waals surface area contributed by atoms with Crippen molar-refractivity contribution >= 4 is 11.7 Å². The molecule has 2 heterocycles. The molecular formula is C16H21N3O. The molecule has 20 heavy (non-hydrogen) atoms. The van der Waals surface area contributed by atoms with Crippen LogP contribution in [0.2, 0.25) is 0 Å². The predicted octanol–water partition coefficient (Wildman–Crippen LogP) is 2.13. The van der Waals surface area contributed by atoms with Gasteiger partial charge in [0, 0.05) is 43.9 Å². The van der Waals surface area contributed by atoms with Crippen molar-refractivity contribution in [3.05, 3.63) is 35.5 Å². The summed E-state index contributed by atoms with van der Waals surface area (Å²) in [5, 5.41) is 0. The molecule has 0 unspecified atom stereocenters. The molecule has 1 aromatic rings. The summed E-state index contributed by atoms with van der Waals surface area (Å²) < 4.78 is 0. The highest BCUT2D eigenvalue weighted by atomic mass is 16.2. The van der Waals surface area contributed by atoms with Gasteiger partial charge in [0.2, 0.25) is 5.91 Å². The molecule has 106 valence electrons. The van der Waals surface area contributed by atoms with E-state index in [0.29, 0.717) is 6.54 Å². The largest absolute Gasteiger partial charge is 0.358 e. The van der Waals surface area contributed by atoms with Crippen molar-refractivity contribution < 1.29 is 4.79 Å². The zero-order chi connectivity index (χ0) is 14.1. The topological polar surface area (TPSA) is 36.4 Å². The molecule has 0 saturated heterocycles. The van der Waals surface area contributed by atoms with E-state index in [1.807, 2.05) is 17.9 Å². The lowest BCUT2D eigenvalue weighted by Crippen LogP contribution is -2.37. The minimum absolute atomic E-state index is 0.153. The molecule has 4 nitrogen and oxygen atoms in total. The number of carbonyl (C=O) groups is 1. The molecular weight excluding hydrogens is 250 g/mol. The maximum atomic E-state index is 12.6. The van der Waals surface area contributed by atoms with Crippen molar-refractivity contribution in [1.82, 2.24) is 9.88 Å². The molecule has 0 spiro atoms. The van der Waals surface area contributed by atoms with Crippen molar-refractivity contribution in [3.8, 4) is 0 Å². The number of nitrogens with zero attached hydrogens (tertiary/aromatic N) is 3. The lowest BCUT2D eigenvalue weighted by atomic mass is 10.1. The fraction of sp³-hybridized carbons (Fsp3) is 0.500. The first kappa shape index (κ1) is 13.2. The smallest absolute Gasteiger partial charge is 0.226 e. The van der Waals surface area contributed by atoms with E-state index in [1.165, 1.54) is 0 Å². The molecule has 0 radical (unpaired) electrons. The Morgan fingerprint density at radius 2 is 2.00 bits per heavy atom. The number of fused-ring (bicyclic) bond motifs is 1. The number of rotatable bonds is 1. The molecule has 3 rings (SSSR count). The third kappa shape index (κ3) is 2.42. The van der Waals surface area contributed by atoms with Gasteiger partial charge in [-0.3, -0.25) is 4.79 Å². The summed E-state index contributed by atoms with van der Waals surface area (Å²) in [7, 11) is 2.05. The summed E-state index contributed by atoms with van der Waals surface area (Å²) in [5.41, 5.74) is 2.17. The fourth-order valence-electron chi connectivity index (χ4n) is 2.95. The Bertz CT molecular complexity index is 545. The molecule has 0 N–H and O–H groups in total. The molecule has 4 heteroatoms. The Labute approximate surface area is 120 Å². The van der Waals surface area contributed by atoms with Crippen LogP contribution < -0.4 is 4.90 Å². The first-order valence-corrected chi connectivity index (χ1v) is 7.26. The second-order valence-electron chi connectivity index (χ2n) is 5.76. The molecule has 1 aliphatic carbocycles. The monoisotopic (exact) mass is 271 g/mol. The standard InChI is InChI=1S/C16H21N3O/c1-12-7-8-14-11-19(10-9-18(2)15(14)17-12)16(20)13-5-3-4-6-13/h3-4,7-8,13H,5-6,9-11H2,1-2H3. The highest BCUT2D eigenvalue weighted by Crippen LogP contribution is 2.26. The third-order valence-corrected chi connectivity index (χ3v) is 4.19. The SMILES string of the molecule is Cc1ccc2c(n1)N(C)CCN(C(=O)C1CC=CC1)C2. The fourth-order valence-corrected chi connectivity index (χ4v) is 2.95. The molecule has 0 fully saturated rings. The van der Waals surface area contributed by atoms with Gasteiger partial charge in [-0.1, -0.05) is 18.2 Å². The van der Waals surface area contributed by atoms with Crippen molar-refractivity contribution in [2.75, 3.05) is 25.0 Å². The van der Waals surface area contributed by atoms with Crippen LogP contribution in [0.5, 0.6) is 0 Å². The average molecular weight is 271 g/mol. The lowest BCUT2D eigenvalue weighted by molar-refractivity contribution is -0.135. The normalized spacial score (nSPS) is 19.1. The van der Waals surface area contributed by atoms with Crippen LogP contribution in [0, 0.1) is 12.8 Å². The number of pyridine rings is 1. The summed E-state index contributed by atoms with van der Waals surface area (Å²) in [5.74, 6) is 1.46. The van der Waals surface area contributed by atoms with E-state index in [4.69, 9.17) is 0 Å². The van der Waals surface area contributed by atoms with Gasteiger partial charge < -0.3 is 9.80 Å². The maximum Gasteiger partial charge on any atom is 0.226 e. The summed E-state index contributed by atoms with van der Waals surface area (Å²) in [6.45, 7) is 4.31. The highest BCUT2D eigenvalue weighted by Gasteiger charge is 2.28. The van der Waals surface area contributed by atoms with Crippen molar-refractivity contribution in [2.45, 2.75) is 26.3 Å². The summed E-state index contributed by atoms with van der Waals surface area (Å²) in [6, 6.07) is 4.13. The summed E-state index contributed by atoms with van der Waals surface area (Å²) in [6.07, 6.45) is 6.02. The van der Waals surface area contributed by atoms with Gasteiger partial charge in [-0.15, -0.1) is 0 Å². The molecule has 0 bridgehead atoms. The third-order valence-electron chi connectivity index (χ3n) is 4.19. The van der Waals surface area contributed by atoms with E-state index in [2.05, 4.69) is 35.1 Å². The second-order valence-corrected chi connectivity index (χ2v) is 5.76. The summed E-state index contributed by atoms with van der Waals surface area (Å²) >= 11 is 0. The van der Waals surface area contributed by atoms with Gasteiger partial charge in [0.05, 0.1) is 0 Å². The molecule has 1 aliphatic heterocycles. The van der Waals surface area contributed by atoms with E-state index in [0.717, 1.165) is 43.0 Å². The van der Waals surface area contributed by atoms with Crippen LogP contribution in [0.4, 0.5) is 5.82 Å². The number of likely N-dealkylation sites (N-methyl/N-ethyl adjacent to an activating group) is 1. The van der Waals surface area contributed by atoms with Crippen molar-refractivity contribution in [2.24, 2.45) is 5.92 Å². The first-order valence-electron chi connectivity index (χ1n) is 7.26. The van der Waals surface area contributed by atoms with Gasteiger partial charge in [-0.25, -0.2) is 4.98 Å². The van der Waals surface area contributed by atoms with E-state index in [-0.39, 0.29) is 11.8 Å². The Balaban J connectivity index is 1.82. The molecule has 0 aromatic carbocycles. The zero-order valence-electron chi connectivity index (χ0n) is 12.2. The Hall–Kier alpha value is -1.84. The quantitative estimate of drug-likeness (QED) is 0.734. The van der Waals surface area contributed by atoms with E-state index in [9.17, 15) is 4.79 Å². The van der Waals surface area contributed by atoms with Crippen LogP contribution in [0.15, 0.2) is 24.3 Å². The summed E-state index contributed by atoms with van der Waals surface area (Å²) in [4.78, 5) is 21.4. The Morgan fingerprint density at radius 1 is 1.25 bits per heavy atom. The second kappa shape index (κ2) is 5.27. The lowest BCUT2D eigenvalue weighted by Gasteiger charge is -2.24. The Kier molecular flexibility index (Phi) is 3.47. The van der Waals surface area contributed by atoms with Gasteiger partial charge in [0.1, 0.15) is 5.82 Å². The van der Waals surface area contributed by atoms with Crippen LogP contribution in [0.3, 0.4) is 0 Å². The number of aryl methyl sites for hydroxylation is 1. The van der Waals surface area contributed by atoms with Crippen molar-refractivity contribution in [3.63, 3.8) is 0 Å². The minimum atomic E-state index is 0.153. The average Bonchev–Trinajstić information content (AvgIpc) is 2.92. The van der Waals surface area contributed by atoms with Gasteiger partial charge in [0.25, 0.3) is 0 Å². The highest BCUT2D eigenvalue weighted by molar-refractivity contribution is 5.80. The molecule has 0 atom stereocenters. The van der Waals surface area contributed by atoms with E-state index < -0.39 is 0 Å². The van der Waals surface area contributed by atoms with Gasteiger partial charge in [-0.05, 0) is 25.8 Å². The number of carbonyl (C=O) groups excluding carboxylic acids is 1. The van der Waals surface area contributed by atoms with Crippen LogP contribution >= 0.6 is 0 Å². The van der Waals surface area contributed by atoms with E-state index in [1.54, 1.807) is 0 Å². The van der Waals surface area contributed by atoms with E-state index >= 15 is 0 Å². The number of hydrogen-bond donors (Lipinski definition) is 0. The van der Waals surface area contributed by atoms with Crippen LogP contribution in [0.25, 0.3) is 0 Å².